The Hall–Kier alpha value is -4.01. The molecular weight excluding hydrogens is 362 g/mol. The van der Waals surface area contributed by atoms with Gasteiger partial charge in [-0.25, -0.2) is 0 Å². The van der Waals surface area contributed by atoms with Gasteiger partial charge < -0.3 is 20.5 Å². The van der Waals surface area contributed by atoms with Gasteiger partial charge in [0.1, 0.15) is 0 Å². The quantitative estimate of drug-likeness (QED) is 0.668. The van der Waals surface area contributed by atoms with Crippen LogP contribution in [0.5, 0.6) is 0 Å². The SMILES string of the molecule is CN(CC(N)=O)C(=O)c1cccc(NC(=O)c2cc(-c3cccnc3)on2)c1. The summed E-state index contributed by atoms with van der Waals surface area (Å²) in [5.41, 5.74) is 6.58. The molecule has 2 heterocycles. The lowest BCUT2D eigenvalue weighted by Crippen LogP contribution is -2.35. The summed E-state index contributed by atoms with van der Waals surface area (Å²) >= 11 is 0. The summed E-state index contributed by atoms with van der Waals surface area (Å²) < 4.78 is 5.18. The van der Waals surface area contributed by atoms with Crippen molar-refractivity contribution < 1.29 is 18.9 Å². The van der Waals surface area contributed by atoms with Gasteiger partial charge in [-0.15, -0.1) is 0 Å². The number of nitrogens with one attached hydrogen (secondary N) is 1. The summed E-state index contributed by atoms with van der Waals surface area (Å²) in [6, 6.07) is 11.4. The van der Waals surface area contributed by atoms with Crippen molar-refractivity contribution in [2.45, 2.75) is 0 Å². The van der Waals surface area contributed by atoms with Crippen LogP contribution in [0.1, 0.15) is 20.8 Å². The van der Waals surface area contributed by atoms with E-state index in [0.29, 0.717) is 22.6 Å². The second-order valence-electron chi connectivity index (χ2n) is 5.98. The fourth-order valence-electron chi connectivity index (χ4n) is 2.48. The molecule has 3 aromatic rings. The number of anilines is 1. The van der Waals surface area contributed by atoms with Gasteiger partial charge in [0, 0.05) is 42.3 Å². The molecule has 0 bridgehead atoms. The van der Waals surface area contributed by atoms with E-state index in [1.807, 2.05) is 0 Å². The summed E-state index contributed by atoms with van der Waals surface area (Å²) in [5, 5.41) is 6.42. The van der Waals surface area contributed by atoms with Gasteiger partial charge in [0.2, 0.25) is 5.91 Å². The third-order valence-electron chi connectivity index (χ3n) is 3.80. The molecule has 0 fully saturated rings. The average Bonchev–Trinajstić information content (AvgIpc) is 3.18. The summed E-state index contributed by atoms with van der Waals surface area (Å²) in [4.78, 5) is 40.9. The standard InChI is InChI=1S/C19H17N5O4/c1-24(11-17(20)25)19(27)12-4-2-6-14(8-12)22-18(26)15-9-16(28-23-15)13-5-3-7-21-10-13/h2-10H,11H2,1H3,(H2,20,25)(H,22,26). The first-order valence-corrected chi connectivity index (χ1v) is 8.26. The van der Waals surface area contributed by atoms with Crippen LogP contribution in [0, 0.1) is 0 Å². The van der Waals surface area contributed by atoms with Gasteiger partial charge in [-0.05, 0) is 30.3 Å². The van der Waals surface area contributed by atoms with Crippen LogP contribution in [0.15, 0.2) is 59.4 Å². The topological polar surface area (TPSA) is 131 Å². The first kappa shape index (κ1) is 18.8. The Morgan fingerprint density at radius 2 is 2.00 bits per heavy atom. The molecule has 9 nitrogen and oxygen atoms in total. The molecular formula is C19H17N5O4. The molecule has 3 N–H and O–H groups in total. The smallest absolute Gasteiger partial charge is 0.277 e. The van der Waals surface area contributed by atoms with Crippen LogP contribution in [0.4, 0.5) is 5.69 Å². The summed E-state index contributed by atoms with van der Waals surface area (Å²) in [5.74, 6) is -1.09. The molecule has 0 aliphatic rings. The molecule has 0 aliphatic heterocycles. The molecule has 0 unspecified atom stereocenters. The Kier molecular flexibility index (Phi) is 5.45. The van der Waals surface area contributed by atoms with Crippen molar-refractivity contribution in [3.8, 4) is 11.3 Å². The van der Waals surface area contributed by atoms with E-state index in [-0.39, 0.29) is 12.2 Å². The molecule has 28 heavy (non-hydrogen) atoms. The maximum absolute atomic E-state index is 12.4. The van der Waals surface area contributed by atoms with Crippen LogP contribution in [0.25, 0.3) is 11.3 Å². The lowest BCUT2D eigenvalue weighted by molar-refractivity contribution is -0.118. The average molecular weight is 379 g/mol. The summed E-state index contributed by atoms with van der Waals surface area (Å²) in [6.45, 7) is -0.203. The number of hydrogen-bond donors (Lipinski definition) is 2. The Labute approximate surface area is 160 Å². The number of carbonyl (C=O) groups excluding carboxylic acids is 3. The van der Waals surface area contributed by atoms with Crippen molar-refractivity contribution in [1.29, 1.82) is 0 Å². The zero-order chi connectivity index (χ0) is 20.1. The highest BCUT2D eigenvalue weighted by molar-refractivity contribution is 6.04. The maximum Gasteiger partial charge on any atom is 0.277 e. The minimum absolute atomic E-state index is 0.0847. The van der Waals surface area contributed by atoms with E-state index in [1.54, 1.807) is 42.7 Å². The predicted octanol–water partition coefficient (Wildman–Crippen LogP) is 1.55. The fraction of sp³-hybridized carbons (Fsp3) is 0.105. The van der Waals surface area contributed by atoms with Crippen molar-refractivity contribution in [2.75, 3.05) is 18.9 Å². The molecule has 3 amide bonds. The van der Waals surface area contributed by atoms with Gasteiger partial charge in [-0.3, -0.25) is 19.4 Å². The second-order valence-corrected chi connectivity index (χ2v) is 5.98. The normalized spacial score (nSPS) is 10.3. The summed E-state index contributed by atoms with van der Waals surface area (Å²) in [6.07, 6.45) is 3.22. The van der Waals surface area contributed by atoms with Crippen molar-refractivity contribution in [1.82, 2.24) is 15.0 Å². The van der Waals surface area contributed by atoms with Crippen LogP contribution in [0.3, 0.4) is 0 Å². The Morgan fingerprint density at radius 3 is 2.71 bits per heavy atom. The molecule has 1 aromatic carbocycles. The third-order valence-corrected chi connectivity index (χ3v) is 3.80. The van der Waals surface area contributed by atoms with Crippen LogP contribution in [-0.4, -0.2) is 46.4 Å². The third kappa shape index (κ3) is 4.39. The molecule has 0 radical (unpaired) electrons. The molecule has 0 spiro atoms. The summed E-state index contributed by atoms with van der Waals surface area (Å²) in [7, 11) is 1.47. The Morgan fingerprint density at radius 1 is 1.18 bits per heavy atom. The number of primary amides is 1. The number of nitrogens with zero attached hydrogens (tertiary/aromatic N) is 3. The number of hydrogen-bond acceptors (Lipinski definition) is 6. The number of nitrogens with two attached hydrogens (primary N) is 1. The highest BCUT2D eigenvalue weighted by Gasteiger charge is 2.16. The number of likely N-dealkylation sites (N-methyl/N-ethyl adjacent to an activating group) is 1. The molecule has 3 rings (SSSR count). The number of carbonyl (C=O) groups is 3. The van der Waals surface area contributed by atoms with E-state index in [2.05, 4.69) is 15.5 Å². The lowest BCUT2D eigenvalue weighted by atomic mass is 10.1. The first-order chi connectivity index (χ1) is 13.4. The van der Waals surface area contributed by atoms with E-state index < -0.39 is 17.7 Å². The zero-order valence-electron chi connectivity index (χ0n) is 15.0. The Balaban J connectivity index is 1.72. The van der Waals surface area contributed by atoms with Crippen LogP contribution >= 0.6 is 0 Å². The van der Waals surface area contributed by atoms with E-state index in [1.165, 1.54) is 24.1 Å². The highest BCUT2D eigenvalue weighted by atomic mass is 16.5. The van der Waals surface area contributed by atoms with Gasteiger partial charge in [-0.1, -0.05) is 11.2 Å². The number of pyridine rings is 1. The minimum Gasteiger partial charge on any atom is -0.368 e. The first-order valence-electron chi connectivity index (χ1n) is 8.26. The molecule has 9 heteroatoms. The van der Waals surface area contributed by atoms with Crippen molar-refractivity contribution in [3.63, 3.8) is 0 Å². The van der Waals surface area contributed by atoms with E-state index in [4.69, 9.17) is 10.3 Å². The van der Waals surface area contributed by atoms with E-state index in [0.717, 1.165) is 0 Å². The van der Waals surface area contributed by atoms with Gasteiger partial charge in [0.05, 0.1) is 6.54 Å². The predicted molar refractivity (Wildman–Crippen MR) is 100 cm³/mol. The van der Waals surface area contributed by atoms with E-state index >= 15 is 0 Å². The second kappa shape index (κ2) is 8.12. The highest BCUT2D eigenvalue weighted by Crippen LogP contribution is 2.20. The number of benzene rings is 1. The Bertz CT molecular complexity index is 1020. The van der Waals surface area contributed by atoms with Crippen molar-refractivity contribution in [3.05, 3.63) is 66.1 Å². The lowest BCUT2D eigenvalue weighted by Gasteiger charge is -2.15. The molecule has 0 aliphatic carbocycles. The number of amides is 3. The van der Waals surface area contributed by atoms with Gasteiger partial charge >= 0.3 is 0 Å². The maximum atomic E-state index is 12.4. The monoisotopic (exact) mass is 379 g/mol. The van der Waals surface area contributed by atoms with E-state index in [9.17, 15) is 14.4 Å². The molecule has 0 atom stereocenters. The van der Waals surface area contributed by atoms with Crippen molar-refractivity contribution in [2.24, 2.45) is 5.73 Å². The van der Waals surface area contributed by atoms with Gasteiger partial charge in [0.15, 0.2) is 11.5 Å². The van der Waals surface area contributed by atoms with Crippen LogP contribution in [-0.2, 0) is 4.79 Å². The molecule has 2 aromatic heterocycles. The minimum atomic E-state index is -0.615. The number of aromatic nitrogens is 2. The molecule has 142 valence electrons. The fourth-order valence-corrected chi connectivity index (χ4v) is 2.48. The van der Waals surface area contributed by atoms with Crippen LogP contribution < -0.4 is 11.1 Å². The number of rotatable bonds is 6. The van der Waals surface area contributed by atoms with Crippen molar-refractivity contribution >= 4 is 23.4 Å². The molecule has 0 saturated heterocycles. The van der Waals surface area contributed by atoms with Crippen LogP contribution in [0.2, 0.25) is 0 Å². The van der Waals surface area contributed by atoms with Gasteiger partial charge in [-0.2, -0.15) is 0 Å². The van der Waals surface area contributed by atoms with Gasteiger partial charge in [0.25, 0.3) is 11.8 Å². The largest absolute Gasteiger partial charge is 0.368 e. The zero-order valence-corrected chi connectivity index (χ0v) is 15.0. The molecule has 0 saturated carbocycles.